The number of likely N-dealkylation sites (N-methyl/N-ethyl adjacent to an activating group) is 1. The van der Waals surface area contributed by atoms with Crippen LogP contribution in [0.4, 0.5) is 0 Å². The zero-order valence-electron chi connectivity index (χ0n) is 21.3. The molecule has 3 aromatic rings. The van der Waals surface area contributed by atoms with E-state index in [1.807, 2.05) is 44.3 Å². The molecule has 194 valence electrons. The van der Waals surface area contributed by atoms with Crippen LogP contribution >= 0.6 is 0 Å². The Balaban J connectivity index is 1.72. The fourth-order valence-electron chi connectivity index (χ4n) is 4.50. The molecule has 0 fully saturated rings. The Morgan fingerprint density at radius 2 is 1.92 bits per heavy atom. The van der Waals surface area contributed by atoms with Crippen LogP contribution in [-0.4, -0.2) is 66.6 Å². The molecule has 0 saturated carbocycles. The first-order valence-corrected chi connectivity index (χ1v) is 13.7. The Kier molecular flexibility index (Phi) is 8.25. The van der Waals surface area contributed by atoms with E-state index in [4.69, 9.17) is 10.00 Å². The number of aliphatic hydroxyl groups is 1. The number of hydrogen-bond donors (Lipinski definition) is 1. The third-order valence-electron chi connectivity index (χ3n) is 6.66. The van der Waals surface area contributed by atoms with Crippen molar-refractivity contribution in [3.05, 3.63) is 78.1 Å². The van der Waals surface area contributed by atoms with Gasteiger partial charge in [0.25, 0.3) is 0 Å². The van der Waals surface area contributed by atoms with E-state index in [0.717, 1.165) is 16.8 Å². The molecule has 1 aliphatic rings. The van der Waals surface area contributed by atoms with Crippen LogP contribution in [0.15, 0.2) is 71.8 Å². The molecule has 1 aromatic heterocycles. The smallest absolute Gasteiger partial charge is 0.247 e. The van der Waals surface area contributed by atoms with Crippen molar-refractivity contribution in [2.75, 3.05) is 26.7 Å². The molecule has 2 aromatic carbocycles. The van der Waals surface area contributed by atoms with Crippen molar-refractivity contribution in [3.8, 4) is 22.9 Å². The average Bonchev–Trinajstić information content (AvgIpc) is 2.90. The molecule has 0 aliphatic carbocycles. The Morgan fingerprint density at radius 1 is 1.19 bits per heavy atom. The molecular weight excluding hydrogens is 488 g/mol. The highest BCUT2D eigenvalue weighted by Gasteiger charge is 2.38. The molecular formula is C28H32N4O4S. The second-order valence-electron chi connectivity index (χ2n) is 9.61. The van der Waals surface area contributed by atoms with Crippen LogP contribution in [0.1, 0.15) is 25.1 Å². The number of rotatable bonds is 7. The van der Waals surface area contributed by atoms with Crippen molar-refractivity contribution in [2.24, 2.45) is 5.92 Å². The Labute approximate surface area is 218 Å². The van der Waals surface area contributed by atoms with Gasteiger partial charge < -0.3 is 9.84 Å². The maximum atomic E-state index is 13.7. The number of pyridine rings is 1. The van der Waals surface area contributed by atoms with Gasteiger partial charge in [-0.1, -0.05) is 31.2 Å². The van der Waals surface area contributed by atoms with Gasteiger partial charge in [-0.05, 0) is 61.5 Å². The van der Waals surface area contributed by atoms with Crippen molar-refractivity contribution >= 4 is 10.0 Å². The summed E-state index contributed by atoms with van der Waals surface area (Å²) < 4.78 is 35.3. The monoisotopic (exact) mass is 520 g/mol. The Hall–Kier alpha value is -3.29. The van der Waals surface area contributed by atoms with Crippen molar-refractivity contribution < 1.29 is 18.3 Å². The second kappa shape index (κ2) is 11.4. The zero-order valence-corrected chi connectivity index (χ0v) is 22.1. The van der Waals surface area contributed by atoms with E-state index in [9.17, 15) is 13.5 Å². The van der Waals surface area contributed by atoms with Crippen LogP contribution in [0, 0.1) is 17.2 Å². The molecule has 2 heterocycles. The summed E-state index contributed by atoms with van der Waals surface area (Å²) in [6.07, 6.45) is 1.45. The highest BCUT2D eigenvalue weighted by Crippen LogP contribution is 2.36. The predicted octanol–water partition coefficient (Wildman–Crippen LogP) is 3.52. The van der Waals surface area contributed by atoms with E-state index in [-0.39, 0.29) is 35.8 Å². The van der Waals surface area contributed by atoms with Gasteiger partial charge in [0.05, 0.1) is 23.9 Å². The van der Waals surface area contributed by atoms with Crippen molar-refractivity contribution in [1.82, 2.24) is 14.2 Å². The fourth-order valence-corrected chi connectivity index (χ4v) is 6.33. The molecule has 4 rings (SSSR count). The number of nitrogens with zero attached hydrogens (tertiary/aromatic N) is 4. The number of ether oxygens (including phenoxy) is 1. The van der Waals surface area contributed by atoms with Crippen LogP contribution < -0.4 is 4.74 Å². The number of nitriles is 1. The molecule has 0 amide bonds. The van der Waals surface area contributed by atoms with Crippen LogP contribution in [0.5, 0.6) is 5.75 Å². The zero-order chi connectivity index (χ0) is 26.6. The molecule has 8 nitrogen and oxygen atoms in total. The summed E-state index contributed by atoms with van der Waals surface area (Å²) >= 11 is 0. The maximum Gasteiger partial charge on any atom is 0.247 e. The number of fused-ring (bicyclic) bond motifs is 1. The van der Waals surface area contributed by atoms with Crippen molar-refractivity contribution in [3.63, 3.8) is 0 Å². The minimum Gasteiger partial charge on any atom is -0.487 e. The SMILES string of the molecule is C[C@@H]1CN([C@H](C)CO)S(=O)(=O)c2ccc(-c3ccc(C#N)cc3)cc2O[C@H]1CN(C)Cc1ccccn1. The first-order valence-electron chi connectivity index (χ1n) is 12.3. The fraction of sp³-hybridized carbons (Fsp3) is 0.357. The largest absolute Gasteiger partial charge is 0.487 e. The molecule has 37 heavy (non-hydrogen) atoms. The van der Waals surface area contributed by atoms with E-state index in [2.05, 4.69) is 16.0 Å². The van der Waals surface area contributed by atoms with E-state index < -0.39 is 16.1 Å². The van der Waals surface area contributed by atoms with Gasteiger partial charge in [-0.25, -0.2) is 8.42 Å². The number of aliphatic hydroxyl groups excluding tert-OH is 1. The first-order chi connectivity index (χ1) is 17.7. The molecule has 0 unspecified atom stereocenters. The van der Waals surface area contributed by atoms with E-state index in [1.54, 1.807) is 43.5 Å². The van der Waals surface area contributed by atoms with Gasteiger partial charge in [0.15, 0.2) is 0 Å². The summed E-state index contributed by atoms with van der Waals surface area (Å²) in [5, 5.41) is 19.0. The highest BCUT2D eigenvalue weighted by molar-refractivity contribution is 7.89. The van der Waals surface area contributed by atoms with E-state index in [1.165, 1.54) is 4.31 Å². The summed E-state index contributed by atoms with van der Waals surface area (Å²) in [5.41, 5.74) is 3.12. The number of benzene rings is 2. The standard InChI is InChI=1S/C28H32N4O4S/c1-20-16-32(21(2)19-33)37(34,35)28-12-11-24(23-9-7-22(15-29)8-10-23)14-26(28)36-27(20)18-31(3)17-25-6-4-5-13-30-25/h4-14,20-21,27,33H,16-19H2,1-3H3/t20-,21-,27+/m1/s1. The van der Waals surface area contributed by atoms with E-state index >= 15 is 0 Å². The summed E-state index contributed by atoms with van der Waals surface area (Å²) in [5.74, 6) is 0.126. The molecule has 0 spiro atoms. The van der Waals surface area contributed by atoms with Crippen LogP contribution in [0.3, 0.4) is 0 Å². The third kappa shape index (κ3) is 6.00. The van der Waals surface area contributed by atoms with Gasteiger partial charge in [-0.15, -0.1) is 0 Å². The average molecular weight is 521 g/mol. The lowest BCUT2D eigenvalue weighted by Gasteiger charge is -2.37. The van der Waals surface area contributed by atoms with Gasteiger partial charge in [-0.2, -0.15) is 9.57 Å². The summed E-state index contributed by atoms with van der Waals surface area (Å²) in [6.45, 7) is 4.81. The van der Waals surface area contributed by atoms with Crippen molar-refractivity contribution in [1.29, 1.82) is 5.26 Å². The third-order valence-corrected chi connectivity index (χ3v) is 8.68. The Morgan fingerprint density at radius 3 is 2.57 bits per heavy atom. The van der Waals surface area contributed by atoms with E-state index in [0.29, 0.717) is 18.7 Å². The molecule has 1 N–H and O–H groups in total. The quantitative estimate of drug-likeness (QED) is 0.508. The minimum atomic E-state index is -3.92. The van der Waals surface area contributed by atoms with Crippen LogP contribution in [-0.2, 0) is 16.6 Å². The molecule has 0 radical (unpaired) electrons. The normalized spacial score (nSPS) is 20.2. The molecule has 9 heteroatoms. The molecule has 0 bridgehead atoms. The summed E-state index contributed by atoms with van der Waals surface area (Å²) in [7, 11) is -1.93. The van der Waals surface area contributed by atoms with Crippen molar-refractivity contribution in [2.45, 2.75) is 37.4 Å². The Bertz CT molecular complexity index is 1360. The summed E-state index contributed by atoms with van der Waals surface area (Å²) in [4.78, 5) is 6.60. The number of aromatic nitrogens is 1. The first kappa shape index (κ1) is 26.8. The van der Waals surface area contributed by atoms with Gasteiger partial charge in [0.2, 0.25) is 10.0 Å². The lowest BCUT2D eigenvalue weighted by Crippen LogP contribution is -2.49. The topological polar surface area (TPSA) is 107 Å². The van der Waals surface area contributed by atoms with Gasteiger partial charge in [0.1, 0.15) is 16.7 Å². The second-order valence-corrected chi connectivity index (χ2v) is 11.5. The van der Waals surface area contributed by atoms with Gasteiger partial charge in [0, 0.05) is 37.8 Å². The van der Waals surface area contributed by atoms with Crippen LogP contribution in [0.25, 0.3) is 11.1 Å². The number of sulfonamides is 1. The highest BCUT2D eigenvalue weighted by atomic mass is 32.2. The van der Waals surface area contributed by atoms with Gasteiger partial charge in [-0.3, -0.25) is 9.88 Å². The molecule has 1 aliphatic heterocycles. The summed E-state index contributed by atoms with van der Waals surface area (Å²) in [6, 6.07) is 19.5. The maximum absolute atomic E-state index is 13.7. The predicted molar refractivity (Wildman–Crippen MR) is 141 cm³/mol. The van der Waals surface area contributed by atoms with Crippen LogP contribution in [0.2, 0.25) is 0 Å². The number of hydrogen-bond acceptors (Lipinski definition) is 7. The molecule has 3 atom stereocenters. The minimum absolute atomic E-state index is 0.0782. The lowest BCUT2D eigenvalue weighted by molar-refractivity contribution is 0.0731. The molecule has 0 saturated heterocycles. The van der Waals surface area contributed by atoms with Gasteiger partial charge >= 0.3 is 0 Å². The lowest BCUT2D eigenvalue weighted by atomic mass is 10.0.